The monoisotopic (exact) mass is 258 g/mol. The Morgan fingerprint density at radius 3 is 2.67 bits per heavy atom. The normalized spacial score (nSPS) is 24.2. The van der Waals surface area contributed by atoms with Crippen molar-refractivity contribution in [2.24, 2.45) is 5.73 Å². The molecule has 2 unspecified atom stereocenters. The number of amides is 1. The highest BCUT2D eigenvalue weighted by molar-refractivity contribution is 5.80. The van der Waals surface area contributed by atoms with Crippen LogP contribution >= 0.6 is 0 Å². The molecule has 1 fully saturated rings. The van der Waals surface area contributed by atoms with Crippen LogP contribution in [0.4, 0.5) is 13.2 Å². The standard InChI is InChI=1S/C12H13F3N2O/c13-12(14,15)9-3-1-2-7(4-9)8-5-10(11(16)18)17-6-8/h1-4,8,10,17H,5-6H2,(H2,16,18). The highest BCUT2D eigenvalue weighted by Crippen LogP contribution is 2.33. The molecule has 1 aliphatic rings. The fourth-order valence-corrected chi connectivity index (χ4v) is 2.18. The first-order valence-corrected chi connectivity index (χ1v) is 5.58. The van der Waals surface area contributed by atoms with Crippen molar-refractivity contribution in [3.05, 3.63) is 35.4 Å². The summed E-state index contributed by atoms with van der Waals surface area (Å²) < 4.78 is 37.7. The Labute approximate surface area is 102 Å². The lowest BCUT2D eigenvalue weighted by Gasteiger charge is -2.12. The number of nitrogens with two attached hydrogens (primary N) is 1. The molecular formula is C12H13F3N2O. The minimum atomic E-state index is -4.34. The molecule has 18 heavy (non-hydrogen) atoms. The lowest BCUT2D eigenvalue weighted by atomic mass is 9.94. The van der Waals surface area contributed by atoms with E-state index in [4.69, 9.17) is 5.73 Å². The van der Waals surface area contributed by atoms with Crippen LogP contribution in [-0.2, 0) is 11.0 Å². The quantitative estimate of drug-likeness (QED) is 0.847. The summed E-state index contributed by atoms with van der Waals surface area (Å²) in [5.74, 6) is -0.575. The molecular weight excluding hydrogens is 245 g/mol. The summed E-state index contributed by atoms with van der Waals surface area (Å²) in [6.07, 6.45) is -3.90. The van der Waals surface area contributed by atoms with E-state index >= 15 is 0 Å². The van der Waals surface area contributed by atoms with Crippen LogP contribution in [0.2, 0.25) is 0 Å². The molecule has 0 aromatic heterocycles. The van der Waals surface area contributed by atoms with Gasteiger partial charge in [-0.25, -0.2) is 0 Å². The van der Waals surface area contributed by atoms with Gasteiger partial charge in [0.1, 0.15) is 0 Å². The average Bonchev–Trinajstić information content (AvgIpc) is 2.77. The number of hydrogen-bond donors (Lipinski definition) is 2. The fraction of sp³-hybridized carbons (Fsp3) is 0.417. The van der Waals surface area contributed by atoms with Crippen LogP contribution < -0.4 is 11.1 Å². The van der Waals surface area contributed by atoms with Crippen LogP contribution in [-0.4, -0.2) is 18.5 Å². The van der Waals surface area contributed by atoms with Gasteiger partial charge < -0.3 is 11.1 Å². The van der Waals surface area contributed by atoms with Crippen molar-refractivity contribution in [1.29, 1.82) is 0 Å². The largest absolute Gasteiger partial charge is 0.416 e. The van der Waals surface area contributed by atoms with E-state index in [0.717, 1.165) is 12.1 Å². The summed E-state index contributed by atoms with van der Waals surface area (Å²) in [4.78, 5) is 11.0. The smallest absolute Gasteiger partial charge is 0.368 e. The summed E-state index contributed by atoms with van der Waals surface area (Å²) in [5.41, 5.74) is 5.08. The Kier molecular flexibility index (Phi) is 3.30. The molecule has 1 aromatic rings. The molecule has 98 valence electrons. The van der Waals surface area contributed by atoms with Gasteiger partial charge in [0.25, 0.3) is 0 Å². The molecule has 1 amide bonds. The number of alkyl halides is 3. The zero-order valence-corrected chi connectivity index (χ0v) is 9.50. The predicted octanol–water partition coefficient (Wildman–Crippen LogP) is 1.64. The Hall–Kier alpha value is -1.56. The summed E-state index contributed by atoms with van der Waals surface area (Å²) in [5, 5.41) is 2.91. The third-order valence-electron chi connectivity index (χ3n) is 3.16. The van der Waals surface area contributed by atoms with Gasteiger partial charge in [0.2, 0.25) is 5.91 Å². The zero-order valence-electron chi connectivity index (χ0n) is 9.50. The number of benzene rings is 1. The third kappa shape index (κ3) is 2.64. The predicted molar refractivity (Wildman–Crippen MR) is 59.8 cm³/mol. The van der Waals surface area contributed by atoms with E-state index in [0.29, 0.717) is 18.5 Å². The van der Waals surface area contributed by atoms with Crippen molar-refractivity contribution in [2.45, 2.75) is 24.6 Å². The molecule has 1 heterocycles. The van der Waals surface area contributed by atoms with Gasteiger partial charge >= 0.3 is 6.18 Å². The molecule has 1 aliphatic heterocycles. The van der Waals surface area contributed by atoms with Crippen molar-refractivity contribution in [1.82, 2.24) is 5.32 Å². The molecule has 2 rings (SSSR count). The van der Waals surface area contributed by atoms with Crippen LogP contribution in [0.1, 0.15) is 23.5 Å². The highest BCUT2D eigenvalue weighted by Gasteiger charge is 2.33. The zero-order chi connectivity index (χ0) is 13.3. The first-order chi connectivity index (χ1) is 8.38. The van der Waals surface area contributed by atoms with E-state index in [1.54, 1.807) is 6.07 Å². The lowest BCUT2D eigenvalue weighted by Crippen LogP contribution is -2.36. The van der Waals surface area contributed by atoms with E-state index in [1.165, 1.54) is 6.07 Å². The summed E-state index contributed by atoms with van der Waals surface area (Å²) in [7, 11) is 0. The summed E-state index contributed by atoms with van der Waals surface area (Å²) in [6.45, 7) is 0.467. The molecule has 0 radical (unpaired) electrons. The molecule has 1 saturated heterocycles. The first kappa shape index (κ1) is 12.9. The maximum Gasteiger partial charge on any atom is 0.416 e. The Morgan fingerprint density at radius 1 is 1.39 bits per heavy atom. The second kappa shape index (κ2) is 4.61. The lowest BCUT2D eigenvalue weighted by molar-refractivity contribution is -0.137. The number of nitrogens with one attached hydrogen (secondary N) is 1. The van der Waals surface area contributed by atoms with E-state index in [2.05, 4.69) is 5.32 Å². The van der Waals surface area contributed by atoms with E-state index < -0.39 is 23.7 Å². The van der Waals surface area contributed by atoms with Gasteiger partial charge in [0.15, 0.2) is 0 Å². The Bertz CT molecular complexity index is 459. The van der Waals surface area contributed by atoms with Crippen molar-refractivity contribution < 1.29 is 18.0 Å². The molecule has 6 heteroatoms. The maximum absolute atomic E-state index is 12.6. The minimum absolute atomic E-state index is 0.107. The van der Waals surface area contributed by atoms with Gasteiger partial charge in [-0.3, -0.25) is 4.79 Å². The topological polar surface area (TPSA) is 55.1 Å². The van der Waals surface area contributed by atoms with Gasteiger partial charge in [-0.1, -0.05) is 18.2 Å². The Balaban J connectivity index is 2.18. The molecule has 3 nitrogen and oxygen atoms in total. The minimum Gasteiger partial charge on any atom is -0.368 e. The van der Waals surface area contributed by atoms with E-state index in [-0.39, 0.29) is 5.92 Å². The van der Waals surface area contributed by atoms with Gasteiger partial charge in [-0.15, -0.1) is 0 Å². The summed E-state index contributed by atoms with van der Waals surface area (Å²) in [6, 6.07) is 4.75. The number of rotatable bonds is 2. The van der Waals surface area contributed by atoms with Crippen molar-refractivity contribution in [3.63, 3.8) is 0 Å². The van der Waals surface area contributed by atoms with Crippen molar-refractivity contribution >= 4 is 5.91 Å². The van der Waals surface area contributed by atoms with E-state index in [1.807, 2.05) is 0 Å². The van der Waals surface area contributed by atoms with E-state index in [9.17, 15) is 18.0 Å². The number of hydrogen-bond acceptors (Lipinski definition) is 2. The number of carbonyl (C=O) groups is 1. The average molecular weight is 258 g/mol. The molecule has 3 N–H and O–H groups in total. The molecule has 1 aromatic carbocycles. The second-order valence-electron chi connectivity index (χ2n) is 4.42. The third-order valence-corrected chi connectivity index (χ3v) is 3.16. The second-order valence-corrected chi connectivity index (χ2v) is 4.42. The SMILES string of the molecule is NC(=O)C1CC(c2cccc(C(F)(F)F)c2)CN1. The maximum atomic E-state index is 12.6. The number of halogens is 3. The van der Waals surface area contributed by atoms with Crippen LogP contribution in [0, 0.1) is 0 Å². The molecule has 0 aliphatic carbocycles. The van der Waals surface area contributed by atoms with Crippen LogP contribution in [0.5, 0.6) is 0 Å². The van der Waals surface area contributed by atoms with Gasteiger partial charge in [0.05, 0.1) is 11.6 Å². The number of primary amides is 1. The van der Waals surface area contributed by atoms with Crippen molar-refractivity contribution in [3.8, 4) is 0 Å². The van der Waals surface area contributed by atoms with Crippen LogP contribution in [0.3, 0.4) is 0 Å². The molecule has 0 spiro atoms. The van der Waals surface area contributed by atoms with Crippen molar-refractivity contribution in [2.75, 3.05) is 6.54 Å². The van der Waals surface area contributed by atoms with Gasteiger partial charge in [-0.2, -0.15) is 13.2 Å². The molecule has 0 saturated carbocycles. The summed E-state index contributed by atoms with van der Waals surface area (Å²) >= 11 is 0. The number of carbonyl (C=O) groups excluding carboxylic acids is 1. The van der Waals surface area contributed by atoms with Gasteiger partial charge in [0, 0.05) is 6.54 Å². The fourth-order valence-electron chi connectivity index (χ4n) is 2.18. The van der Waals surface area contributed by atoms with Gasteiger partial charge in [-0.05, 0) is 24.0 Å². The Morgan fingerprint density at radius 2 is 2.11 bits per heavy atom. The molecule has 0 bridgehead atoms. The highest BCUT2D eigenvalue weighted by atomic mass is 19.4. The van der Waals surface area contributed by atoms with Crippen LogP contribution in [0.25, 0.3) is 0 Å². The first-order valence-electron chi connectivity index (χ1n) is 5.58. The van der Waals surface area contributed by atoms with Crippen LogP contribution in [0.15, 0.2) is 24.3 Å². The molecule has 2 atom stereocenters.